The highest BCUT2D eigenvalue weighted by Gasteiger charge is 2.34. The van der Waals surface area contributed by atoms with Crippen molar-refractivity contribution >= 4 is 47.4 Å². The molecular formula is C31H39ClOP2. The zero-order chi connectivity index (χ0) is 26.2. The summed E-state index contributed by atoms with van der Waals surface area (Å²) >= 11 is 7.21. The SMILES string of the molecule is CC(C)(C)c1cc(C(C)(C)C)c(P=C(Cl)P(=O)(c2ccccc2)c2ccccc2)c(C(C)(C)C)c1. The Hall–Kier alpha value is -1.65. The van der Waals surface area contributed by atoms with Gasteiger partial charge >= 0.3 is 0 Å². The molecule has 0 aliphatic heterocycles. The van der Waals surface area contributed by atoms with Gasteiger partial charge in [-0.2, -0.15) is 0 Å². The van der Waals surface area contributed by atoms with Crippen LogP contribution in [0.5, 0.6) is 0 Å². The third kappa shape index (κ3) is 6.02. The van der Waals surface area contributed by atoms with Gasteiger partial charge in [-0.25, -0.2) is 0 Å². The van der Waals surface area contributed by atoms with Crippen molar-refractivity contribution in [3.8, 4) is 0 Å². The van der Waals surface area contributed by atoms with Crippen LogP contribution in [-0.4, -0.2) is 4.49 Å². The second-order valence-electron chi connectivity index (χ2n) is 12.3. The van der Waals surface area contributed by atoms with E-state index in [2.05, 4.69) is 74.4 Å². The number of benzene rings is 3. The lowest BCUT2D eigenvalue weighted by Crippen LogP contribution is -2.30. The summed E-state index contributed by atoms with van der Waals surface area (Å²) in [6.07, 6.45) is 0. The smallest absolute Gasteiger partial charge is 0.186 e. The van der Waals surface area contributed by atoms with Crippen LogP contribution in [0.3, 0.4) is 0 Å². The lowest BCUT2D eigenvalue weighted by molar-refractivity contribution is 0.554. The van der Waals surface area contributed by atoms with Crippen LogP contribution in [0.1, 0.15) is 79.0 Å². The van der Waals surface area contributed by atoms with Gasteiger partial charge < -0.3 is 4.57 Å². The molecule has 1 nitrogen and oxygen atoms in total. The Balaban J connectivity index is 2.41. The third-order valence-corrected chi connectivity index (χ3v) is 11.9. The van der Waals surface area contributed by atoms with E-state index in [0.29, 0.717) is 4.49 Å². The second kappa shape index (κ2) is 10.0. The fourth-order valence-corrected chi connectivity index (χ4v) is 9.66. The van der Waals surface area contributed by atoms with Gasteiger partial charge in [-0.3, -0.25) is 0 Å². The normalized spacial score (nSPS) is 13.7. The molecule has 0 fully saturated rings. The molecule has 0 amide bonds. The fourth-order valence-electron chi connectivity index (χ4n) is 4.13. The molecular weight excluding hydrogens is 486 g/mol. The summed E-state index contributed by atoms with van der Waals surface area (Å²) in [7, 11) is -2.39. The molecule has 0 radical (unpaired) electrons. The van der Waals surface area contributed by atoms with Crippen molar-refractivity contribution < 1.29 is 4.57 Å². The first kappa shape index (κ1) is 27.9. The lowest BCUT2D eigenvalue weighted by Gasteiger charge is -2.32. The third-order valence-electron chi connectivity index (χ3n) is 6.30. The molecule has 0 heterocycles. The maximum absolute atomic E-state index is 14.9. The Kier molecular flexibility index (Phi) is 7.99. The van der Waals surface area contributed by atoms with Crippen LogP contribution in [0.4, 0.5) is 0 Å². The van der Waals surface area contributed by atoms with Gasteiger partial charge in [0.15, 0.2) is 7.14 Å². The van der Waals surface area contributed by atoms with Crippen LogP contribution in [0.2, 0.25) is 0 Å². The molecule has 3 aromatic carbocycles. The van der Waals surface area contributed by atoms with E-state index in [-0.39, 0.29) is 16.2 Å². The minimum atomic E-state index is -3.20. The summed E-state index contributed by atoms with van der Waals surface area (Å²) in [5.74, 6) is 0. The fraction of sp³-hybridized carbons (Fsp3) is 0.387. The monoisotopic (exact) mass is 524 g/mol. The highest BCUT2D eigenvalue weighted by atomic mass is 35.5. The molecule has 3 rings (SSSR count). The molecule has 0 aliphatic rings. The Morgan fingerprint density at radius 3 is 1.34 bits per heavy atom. The molecule has 4 heteroatoms. The van der Waals surface area contributed by atoms with E-state index in [1.165, 1.54) is 22.0 Å². The highest BCUT2D eigenvalue weighted by molar-refractivity contribution is 8.04. The maximum atomic E-state index is 14.9. The van der Waals surface area contributed by atoms with Crippen molar-refractivity contribution in [3.63, 3.8) is 0 Å². The molecule has 0 unspecified atom stereocenters. The predicted molar refractivity (Wildman–Crippen MR) is 160 cm³/mol. The minimum absolute atomic E-state index is 0.0201. The van der Waals surface area contributed by atoms with E-state index in [1.807, 2.05) is 60.7 Å². The van der Waals surface area contributed by atoms with E-state index in [1.54, 1.807) is 0 Å². The van der Waals surface area contributed by atoms with Crippen LogP contribution < -0.4 is 15.9 Å². The predicted octanol–water partition coefficient (Wildman–Crippen LogP) is 8.49. The lowest BCUT2D eigenvalue weighted by atomic mass is 9.75. The van der Waals surface area contributed by atoms with Gasteiger partial charge in [0.25, 0.3) is 0 Å². The summed E-state index contributed by atoms with van der Waals surface area (Å²) < 4.78 is 15.4. The molecule has 0 bridgehead atoms. The molecule has 186 valence electrons. The summed E-state index contributed by atoms with van der Waals surface area (Å²) in [4.78, 5) is 0. The standard InChI is InChI=1S/C31H39ClOP2/c1-29(2,3)22-20-25(30(4,5)6)27(26(21-22)31(7,8)9)34-28(32)35(33,23-16-12-10-13-17-23)24-18-14-11-15-19-24/h10-21H,1-9H3. The van der Waals surface area contributed by atoms with Crippen LogP contribution in [0.25, 0.3) is 0 Å². The number of rotatable bonds is 4. The van der Waals surface area contributed by atoms with E-state index in [4.69, 9.17) is 11.6 Å². The van der Waals surface area contributed by atoms with Crippen LogP contribution in [0, 0.1) is 0 Å². The van der Waals surface area contributed by atoms with Crippen molar-refractivity contribution in [1.29, 1.82) is 0 Å². The van der Waals surface area contributed by atoms with Gasteiger partial charge in [0.05, 0.1) is 0 Å². The van der Waals surface area contributed by atoms with Gasteiger partial charge in [0.2, 0.25) is 0 Å². The van der Waals surface area contributed by atoms with Gasteiger partial charge in [-0.15, -0.1) is 0 Å². The molecule has 0 N–H and O–H groups in total. The average molecular weight is 525 g/mol. The van der Waals surface area contributed by atoms with Gasteiger partial charge in [-0.1, -0.05) is 147 Å². The molecule has 0 aromatic heterocycles. The number of hydrogen-bond donors (Lipinski definition) is 0. The largest absolute Gasteiger partial charge is 0.307 e. The first-order chi connectivity index (χ1) is 16.1. The first-order valence-corrected chi connectivity index (χ1v) is 15.2. The summed E-state index contributed by atoms with van der Waals surface area (Å²) in [6, 6.07) is 24.1. The number of hydrogen-bond acceptors (Lipinski definition) is 1. The summed E-state index contributed by atoms with van der Waals surface area (Å²) in [6.45, 7) is 20.3. The van der Waals surface area contributed by atoms with Crippen LogP contribution in [-0.2, 0) is 20.8 Å². The van der Waals surface area contributed by atoms with E-state index in [9.17, 15) is 4.57 Å². The highest BCUT2D eigenvalue weighted by Crippen LogP contribution is 2.50. The van der Waals surface area contributed by atoms with Crippen LogP contribution >= 0.6 is 26.9 Å². The Morgan fingerprint density at radius 2 is 1.03 bits per heavy atom. The van der Waals surface area contributed by atoms with Gasteiger partial charge in [0.1, 0.15) is 4.49 Å². The molecule has 35 heavy (non-hydrogen) atoms. The van der Waals surface area contributed by atoms with Crippen molar-refractivity contribution in [3.05, 3.63) is 89.5 Å². The minimum Gasteiger partial charge on any atom is -0.307 e. The average Bonchev–Trinajstić information content (AvgIpc) is 2.77. The van der Waals surface area contributed by atoms with Gasteiger partial charge in [0, 0.05) is 15.9 Å². The Morgan fingerprint density at radius 1 is 0.657 bits per heavy atom. The zero-order valence-electron chi connectivity index (χ0n) is 22.6. The number of halogens is 1. The van der Waals surface area contributed by atoms with Crippen molar-refractivity contribution in [2.45, 2.75) is 78.6 Å². The molecule has 0 aliphatic carbocycles. The van der Waals surface area contributed by atoms with Gasteiger partial charge in [-0.05, 0) is 41.1 Å². The van der Waals surface area contributed by atoms with Crippen molar-refractivity contribution in [2.24, 2.45) is 0 Å². The quantitative estimate of drug-likeness (QED) is 0.313. The maximum Gasteiger partial charge on any atom is 0.186 e. The van der Waals surface area contributed by atoms with E-state index in [0.717, 1.165) is 18.8 Å². The van der Waals surface area contributed by atoms with Crippen LogP contribution in [0.15, 0.2) is 72.8 Å². The van der Waals surface area contributed by atoms with E-state index < -0.39 is 7.14 Å². The molecule has 0 saturated carbocycles. The van der Waals surface area contributed by atoms with Crippen molar-refractivity contribution in [2.75, 3.05) is 0 Å². The molecule has 0 atom stereocenters. The zero-order valence-corrected chi connectivity index (χ0v) is 25.2. The first-order valence-electron chi connectivity index (χ1n) is 12.2. The van der Waals surface area contributed by atoms with Crippen molar-refractivity contribution in [1.82, 2.24) is 0 Å². The molecule has 0 spiro atoms. The van der Waals surface area contributed by atoms with E-state index >= 15 is 0 Å². The summed E-state index contributed by atoms with van der Waals surface area (Å²) in [5.41, 5.74) is 3.68. The molecule has 0 saturated heterocycles. The Bertz CT molecular complexity index is 1180. The Labute approximate surface area is 219 Å². The topological polar surface area (TPSA) is 17.1 Å². The summed E-state index contributed by atoms with van der Waals surface area (Å²) in [5, 5.41) is 2.71. The second-order valence-corrected chi connectivity index (χ2v) is 17.4. The molecule has 3 aromatic rings.